The lowest BCUT2D eigenvalue weighted by Crippen LogP contribution is -2.13. The first-order valence-corrected chi connectivity index (χ1v) is 5.55. The number of hydrogen-bond donors (Lipinski definition) is 1. The molecule has 0 aliphatic carbocycles. The van der Waals surface area contributed by atoms with Crippen molar-refractivity contribution < 1.29 is 14.5 Å². The molecule has 1 aromatic rings. The maximum Gasteiger partial charge on any atom is 0.311 e. The van der Waals surface area contributed by atoms with Gasteiger partial charge in [-0.3, -0.25) is 14.9 Å². The summed E-state index contributed by atoms with van der Waals surface area (Å²) in [4.78, 5) is 25.3. The Morgan fingerprint density at radius 1 is 1.61 bits per heavy atom. The van der Waals surface area contributed by atoms with Crippen LogP contribution in [0.4, 0.5) is 11.5 Å². The third kappa shape index (κ3) is 4.00. The van der Waals surface area contributed by atoms with Gasteiger partial charge in [0.1, 0.15) is 0 Å². The number of nitro groups is 1. The van der Waals surface area contributed by atoms with Crippen molar-refractivity contribution in [2.75, 3.05) is 18.5 Å². The lowest BCUT2D eigenvalue weighted by Gasteiger charge is -2.06. The van der Waals surface area contributed by atoms with Crippen molar-refractivity contribution >= 4 is 17.5 Å². The van der Waals surface area contributed by atoms with Gasteiger partial charge in [-0.1, -0.05) is 0 Å². The molecule has 0 spiro atoms. The number of pyridine rings is 1. The Balaban J connectivity index is 2.62. The number of hydrogen-bond acceptors (Lipinski definition) is 6. The van der Waals surface area contributed by atoms with Gasteiger partial charge in [-0.05, 0) is 19.4 Å². The Bertz CT molecular complexity index is 448. The SMILES string of the molecule is CCOC(=O)CCNc1ncc(C)cc1[N+](=O)[O-]. The van der Waals surface area contributed by atoms with Crippen LogP contribution in [0.15, 0.2) is 12.3 Å². The van der Waals surface area contributed by atoms with E-state index >= 15 is 0 Å². The third-order valence-electron chi connectivity index (χ3n) is 2.13. The van der Waals surface area contributed by atoms with Crippen LogP contribution in [0, 0.1) is 17.0 Å². The molecule has 18 heavy (non-hydrogen) atoms. The molecule has 0 fully saturated rings. The van der Waals surface area contributed by atoms with Crippen LogP contribution in [0.25, 0.3) is 0 Å². The van der Waals surface area contributed by atoms with Crippen LogP contribution in [0.5, 0.6) is 0 Å². The predicted molar refractivity (Wildman–Crippen MR) is 65.4 cm³/mol. The first kappa shape index (κ1) is 13.9. The van der Waals surface area contributed by atoms with E-state index < -0.39 is 4.92 Å². The second-order valence-electron chi connectivity index (χ2n) is 3.62. The number of carbonyl (C=O) groups excluding carboxylic acids is 1. The molecule has 0 radical (unpaired) electrons. The molecule has 0 bridgehead atoms. The van der Waals surface area contributed by atoms with Crippen molar-refractivity contribution in [2.24, 2.45) is 0 Å². The molecule has 0 unspecified atom stereocenters. The maximum atomic E-state index is 11.1. The molecule has 0 aliphatic rings. The van der Waals surface area contributed by atoms with E-state index in [-0.39, 0.29) is 30.4 Å². The summed E-state index contributed by atoms with van der Waals surface area (Å²) in [6, 6.07) is 1.43. The molecule has 0 aliphatic heterocycles. The largest absolute Gasteiger partial charge is 0.466 e. The normalized spacial score (nSPS) is 9.89. The molecule has 0 amide bonds. The second kappa shape index (κ2) is 6.53. The van der Waals surface area contributed by atoms with Gasteiger partial charge in [0, 0.05) is 18.8 Å². The van der Waals surface area contributed by atoms with E-state index in [4.69, 9.17) is 4.74 Å². The number of carbonyl (C=O) groups is 1. The first-order chi connectivity index (χ1) is 8.54. The standard InChI is InChI=1S/C11H15N3O4/c1-3-18-10(15)4-5-12-11-9(14(16)17)6-8(2)7-13-11/h6-7H,3-5H2,1-2H3,(H,12,13). The summed E-state index contributed by atoms with van der Waals surface area (Å²) in [5, 5.41) is 13.6. The fourth-order valence-corrected chi connectivity index (χ4v) is 1.35. The molecule has 1 rings (SSSR count). The van der Waals surface area contributed by atoms with Crippen LogP contribution in [-0.2, 0) is 9.53 Å². The van der Waals surface area contributed by atoms with Crippen molar-refractivity contribution in [1.82, 2.24) is 4.98 Å². The van der Waals surface area contributed by atoms with E-state index in [0.717, 1.165) is 0 Å². The quantitative estimate of drug-likeness (QED) is 0.470. The van der Waals surface area contributed by atoms with E-state index in [1.54, 1.807) is 13.8 Å². The fourth-order valence-electron chi connectivity index (χ4n) is 1.35. The van der Waals surface area contributed by atoms with E-state index in [1.165, 1.54) is 12.3 Å². The molecule has 0 aromatic carbocycles. The van der Waals surface area contributed by atoms with Gasteiger partial charge in [0.05, 0.1) is 18.0 Å². The minimum Gasteiger partial charge on any atom is -0.466 e. The van der Waals surface area contributed by atoms with Gasteiger partial charge in [0.15, 0.2) is 0 Å². The summed E-state index contributed by atoms with van der Waals surface area (Å²) >= 11 is 0. The molecule has 0 saturated carbocycles. The smallest absolute Gasteiger partial charge is 0.311 e. The highest BCUT2D eigenvalue weighted by molar-refractivity contribution is 5.70. The molecule has 0 atom stereocenters. The summed E-state index contributed by atoms with van der Waals surface area (Å²) in [5.41, 5.74) is 0.608. The number of nitrogens with zero attached hydrogens (tertiary/aromatic N) is 2. The van der Waals surface area contributed by atoms with Gasteiger partial charge in [-0.25, -0.2) is 4.98 Å². The minimum absolute atomic E-state index is 0.0983. The van der Waals surface area contributed by atoms with Gasteiger partial charge in [-0.2, -0.15) is 0 Å². The van der Waals surface area contributed by atoms with Gasteiger partial charge >= 0.3 is 11.7 Å². The zero-order chi connectivity index (χ0) is 13.5. The Morgan fingerprint density at radius 2 is 2.33 bits per heavy atom. The monoisotopic (exact) mass is 253 g/mol. The van der Waals surface area contributed by atoms with E-state index in [0.29, 0.717) is 12.2 Å². The maximum absolute atomic E-state index is 11.1. The molecule has 0 saturated heterocycles. The number of aryl methyl sites for hydroxylation is 1. The van der Waals surface area contributed by atoms with Gasteiger partial charge < -0.3 is 10.1 Å². The Labute approximate surface area is 104 Å². The van der Waals surface area contributed by atoms with Crippen molar-refractivity contribution in [1.29, 1.82) is 0 Å². The van der Waals surface area contributed by atoms with Crippen LogP contribution in [-0.4, -0.2) is 29.0 Å². The Morgan fingerprint density at radius 3 is 2.94 bits per heavy atom. The highest BCUT2D eigenvalue weighted by Crippen LogP contribution is 2.22. The van der Waals surface area contributed by atoms with E-state index in [2.05, 4.69) is 10.3 Å². The molecule has 7 nitrogen and oxygen atoms in total. The topological polar surface area (TPSA) is 94.4 Å². The van der Waals surface area contributed by atoms with Gasteiger partial charge in [0.25, 0.3) is 0 Å². The van der Waals surface area contributed by atoms with Crippen LogP contribution in [0.3, 0.4) is 0 Å². The van der Waals surface area contributed by atoms with Crippen molar-refractivity contribution in [2.45, 2.75) is 20.3 Å². The van der Waals surface area contributed by atoms with E-state index in [9.17, 15) is 14.9 Å². The van der Waals surface area contributed by atoms with Crippen LogP contribution in [0.2, 0.25) is 0 Å². The van der Waals surface area contributed by atoms with Gasteiger partial charge in [0.2, 0.25) is 5.82 Å². The average Bonchev–Trinajstić information content (AvgIpc) is 2.31. The Hall–Kier alpha value is -2.18. The molecule has 1 aromatic heterocycles. The molecular weight excluding hydrogens is 238 g/mol. The second-order valence-corrected chi connectivity index (χ2v) is 3.62. The zero-order valence-corrected chi connectivity index (χ0v) is 10.3. The molecular formula is C11H15N3O4. The predicted octanol–water partition coefficient (Wildman–Crippen LogP) is 1.66. The fraction of sp³-hybridized carbons (Fsp3) is 0.455. The summed E-state index contributed by atoms with van der Waals surface area (Å²) in [7, 11) is 0. The number of aromatic nitrogens is 1. The molecule has 7 heteroatoms. The molecule has 98 valence electrons. The number of nitrogens with one attached hydrogen (secondary N) is 1. The van der Waals surface area contributed by atoms with Crippen molar-refractivity contribution in [3.63, 3.8) is 0 Å². The van der Waals surface area contributed by atoms with Gasteiger partial charge in [-0.15, -0.1) is 0 Å². The van der Waals surface area contributed by atoms with E-state index in [1.807, 2.05) is 0 Å². The van der Waals surface area contributed by atoms with Crippen molar-refractivity contribution in [3.8, 4) is 0 Å². The van der Waals surface area contributed by atoms with Crippen LogP contribution < -0.4 is 5.32 Å². The highest BCUT2D eigenvalue weighted by Gasteiger charge is 2.15. The molecule has 1 N–H and O–H groups in total. The van der Waals surface area contributed by atoms with Crippen LogP contribution >= 0.6 is 0 Å². The zero-order valence-electron chi connectivity index (χ0n) is 10.3. The summed E-state index contributed by atoms with van der Waals surface area (Å²) in [6.45, 7) is 4.01. The summed E-state index contributed by atoms with van der Waals surface area (Å²) in [6.07, 6.45) is 1.67. The third-order valence-corrected chi connectivity index (χ3v) is 2.13. The highest BCUT2D eigenvalue weighted by atomic mass is 16.6. The number of rotatable bonds is 6. The first-order valence-electron chi connectivity index (χ1n) is 5.55. The molecule has 1 heterocycles. The number of esters is 1. The summed E-state index contributed by atoms with van der Waals surface area (Å²) < 4.78 is 4.74. The van der Waals surface area contributed by atoms with Crippen LogP contribution in [0.1, 0.15) is 18.9 Å². The lowest BCUT2D eigenvalue weighted by molar-refractivity contribution is -0.384. The Kier molecular flexibility index (Phi) is 5.04. The van der Waals surface area contributed by atoms with Crippen molar-refractivity contribution in [3.05, 3.63) is 27.9 Å². The number of anilines is 1. The average molecular weight is 253 g/mol. The summed E-state index contributed by atoms with van der Waals surface area (Å²) in [5.74, 6) is -0.185. The lowest BCUT2D eigenvalue weighted by atomic mass is 10.3. The number of ether oxygens (including phenoxy) is 1. The minimum atomic E-state index is -0.507.